The average molecular weight is 1730 g/mol. The fourth-order valence-electron chi connectivity index (χ4n) is 11.9. The Bertz CT molecular complexity index is 5550. The van der Waals surface area contributed by atoms with Gasteiger partial charge in [0.1, 0.15) is 16.9 Å². The topological polar surface area (TPSA) is 244 Å². The average Bonchev–Trinajstić information content (AvgIpc) is 1.46. The molecule has 1 N–H and O–H groups in total. The zero-order valence-corrected chi connectivity index (χ0v) is 72.2. The summed E-state index contributed by atoms with van der Waals surface area (Å²) in [5.74, 6) is 2.31. The number of hydrogen-bond donors (Lipinski definition) is 1. The Hall–Kier alpha value is -16.7. The first kappa shape index (κ1) is 95.5. The second-order valence-electron chi connectivity index (χ2n) is 27.3. The minimum Gasteiger partial charge on any atom is -0.324 e. The molecule has 3 aliphatic carbocycles. The monoisotopic (exact) mass is 1730 g/mol. The summed E-state index contributed by atoms with van der Waals surface area (Å²) < 4.78 is 11.4. The van der Waals surface area contributed by atoms with Crippen molar-refractivity contribution >= 4 is 74.4 Å². The van der Waals surface area contributed by atoms with Crippen molar-refractivity contribution in [2.75, 3.05) is 5.32 Å². The van der Waals surface area contributed by atoms with E-state index in [0.717, 1.165) is 70.3 Å². The van der Waals surface area contributed by atoms with E-state index in [1.54, 1.807) is 135 Å². The summed E-state index contributed by atoms with van der Waals surface area (Å²) in [6.07, 6.45) is 84.6. The molecule has 2 atom stereocenters. The largest absolute Gasteiger partial charge is 0.324 e. The molecule has 5 aliphatic rings. The van der Waals surface area contributed by atoms with Crippen molar-refractivity contribution in [3.05, 3.63) is 518 Å². The second-order valence-corrected chi connectivity index (χ2v) is 28.4. The van der Waals surface area contributed by atoms with Crippen LogP contribution in [0.2, 0.25) is 0 Å². The highest BCUT2D eigenvalue weighted by Gasteiger charge is 2.25. The molecular weight excluding hydrogens is 1630 g/mol. The highest BCUT2D eigenvalue weighted by molar-refractivity contribution is 8.03. The van der Waals surface area contributed by atoms with Crippen molar-refractivity contribution in [2.24, 2.45) is 10.9 Å². The van der Waals surface area contributed by atoms with Crippen LogP contribution in [0.4, 0.5) is 11.6 Å². The van der Waals surface area contributed by atoms with E-state index in [2.05, 4.69) is 206 Å². The first-order valence-corrected chi connectivity index (χ1v) is 42.9. The third-order valence-corrected chi connectivity index (χ3v) is 19.4. The predicted octanol–water partition coefficient (Wildman–Crippen LogP) is 23.6. The number of benzene rings is 5. The van der Waals surface area contributed by atoms with E-state index < -0.39 is 0 Å². The van der Waals surface area contributed by atoms with E-state index in [0.29, 0.717) is 5.95 Å². The molecule has 23 nitrogen and oxygen atoms in total. The van der Waals surface area contributed by atoms with E-state index in [1.165, 1.54) is 47.6 Å². The Labute approximate surface area is 763 Å². The van der Waals surface area contributed by atoms with Gasteiger partial charge in [0.05, 0.1) is 12.7 Å². The quantitative estimate of drug-likeness (QED) is 0.169. The van der Waals surface area contributed by atoms with Crippen LogP contribution < -0.4 is 5.32 Å². The normalized spacial score (nSPS) is 12.6. The number of nitrogens with zero attached hydrogens (tertiary/aromatic N) is 22. The van der Waals surface area contributed by atoms with Crippen LogP contribution in [0, 0.1) is 5.92 Å². The van der Waals surface area contributed by atoms with E-state index >= 15 is 0 Å². The number of hydrogen-bond acceptors (Lipinski definition) is 18. The first-order chi connectivity index (χ1) is 64.1. The van der Waals surface area contributed by atoms with Crippen molar-refractivity contribution in [2.45, 2.75) is 57.7 Å². The SMILES string of the molecule is C.C1=CC2CCCCC2S1.C1=CCC=C1.C1=CCC=C1.C1=NCc2ccccc21.c1ccc(Nc2ncccn2)cc1.c1ccc2ccccc2c1.c1ccccc1.c1ccn2ccnc2c1.c1ccn2ccnc2c1.c1ccn2ccnc2c1.c1ccncc1.c1ccncc1.c1cn2ccnc2cn1.c1cnc2nccn2c1.c1cnccn1.c1cnn2ccnc2c1. The predicted molar refractivity (Wildman–Crippen MR) is 530 cm³/mol. The minimum absolute atomic E-state index is 0. The van der Waals surface area contributed by atoms with Crippen molar-refractivity contribution in [3.63, 3.8) is 0 Å². The number of thioether (sulfide) groups is 1. The lowest BCUT2D eigenvalue weighted by Crippen LogP contribution is -2.15. The number of para-hydroxylation sites is 1. The van der Waals surface area contributed by atoms with E-state index in [1.807, 2.05) is 296 Å². The Balaban J connectivity index is 0.000000145. The Morgan fingerprint density at radius 3 is 1.21 bits per heavy atom. The molecule has 24 heteroatoms. The summed E-state index contributed by atoms with van der Waals surface area (Å²) in [5.41, 5.74) is 8.38. The van der Waals surface area contributed by atoms with Gasteiger partial charge >= 0.3 is 0 Å². The lowest BCUT2D eigenvalue weighted by atomic mass is 9.89. The number of aliphatic imine (C=N–C) groups is 1. The van der Waals surface area contributed by atoms with Gasteiger partial charge in [-0.3, -0.25) is 34.3 Å². The van der Waals surface area contributed by atoms with Gasteiger partial charge in [0.2, 0.25) is 11.7 Å². The molecule has 1 saturated carbocycles. The summed E-state index contributed by atoms with van der Waals surface area (Å²) in [7, 11) is 0. The Morgan fingerprint density at radius 1 is 0.308 bits per heavy atom. The molecule has 0 bridgehead atoms. The molecule has 21 aromatic rings. The number of aromatic nitrogens is 21. The summed E-state index contributed by atoms with van der Waals surface area (Å²) in [6.45, 7) is 0.871. The number of imidazole rings is 6. The van der Waals surface area contributed by atoms with Crippen LogP contribution in [0.5, 0.6) is 0 Å². The van der Waals surface area contributed by atoms with Gasteiger partial charge in [0.15, 0.2) is 11.3 Å². The van der Waals surface area contributed by atoms with Crippen LogP contribution in [0.15, 0.2) is 512 Å². The Morgan fingerprint density at radius 2 is 0.731 bits per heavy atom. The van der Waals surface area contributed by atoms with Crippen molar-refractivity contribution < 1.29 is 0 Å². The van der Waals surface area contributed by atoms with Crippen molar-refractivity contribution in [3.8, 4) is 0 Å². The number of anilines is 2. The molecule has 1 fully saturated rings. The number of nitrogens with one attached hydrogen (secondary N) is 1. The summed E-state index contributed by atoms with van der Waals surface area (Å²) in [4.78, 5) is 59.4. The molecule has 0 amide bonds. The lowest BCUT2D eigenvalue weighted by molar-refractivity contribution is 0.437. The highest BCUT2D eigenvalue weighted by atomic mass is 32.2. The van der Waals surface area contributed by atoms with Gasteiger partial charge in [-0.25, -0.2) is 49.4 Å². The summed E-state index contributed by atoms with van der Waals surface area (Å²) in [5, 5.41) is 13.0. The smallest absolute Gasteiger partial charge is 0.233 e. The van der Waals surface area contributed by atoms with Gasteiger partial charge in [0, 0.05) is 203 Å². The van der Waals surface area contributed by atoms with Crippen LogP contribution in [0.3, 0.4) is 0 Å². The number of pyridine rings is 5. The molecule has 0 saturated heterocycles. The molecule has 0 radical (unpaired) electrons. The molecule has 2 unspecified atom stereocenters. The van der Waals surface area contributed by atoms with Crippen molar-refractivity contribution in [1.29, 1.82) is 0 Å². The van der Waals surface area contributed by atoms with Crippen LogP contribution in [-0.4, -0.2) is 113 Å². The van der Waals surface area contributed by atoms with Crippen LogP contribution in [-0.2, 0) is 6.54 Å². The van der Waals surface area contributed by atoms with Gasteiger partial charge in [-0.05, 0) is 156 Å². The maximum atomic E-state index is 4.13. The Kier molecular flexibility index (Phi) is 44.0. The van der Waals surface area contributed by atoms with E-state index in [-0.39, 0.29) is 7.43 Å². The maximum absolute atomic E-state index is 4.13. The zero-order chi connectivity index (χ0) is 88.6. The fraction of sp³-hybridized carbons (Fsp3) is 0.0943. The maximum Gasteiger partial charge on any atom is 0.233 e. The lowest BCUT2D eigenvalue weighted by Gasteiger charge is -2.23. The standard InChI is InChI=1S/C10H9N3.C10H8.C8H7N.C8H12S.3C7H6N2.3C6H5N3.C6H6.2C5H5N.2C5H6.C4H4N2.CH4/c1-2-5-9(6-3-1)13-10-11-7-4-8-12-10;1-2-6-10-8-4-3-7-9(10)5-1;1-2-4-8-6-9-5-7(8)3-1;1-2-4-8-7(3-1)5-6-9-8;3*1-2-5-9-6-4-8-7(9)3-1;1-3-9-4-2-8-6(9)5-7-1;1-2-7-6-8-3-5-9(6)4-1;1-2-6-7-4-5-9(6)8-3-1;3*1-2-4-6-5-3-1;2*1-2-4-5-3-1;1-2-6-4-3-5-1;/h1-8H,(H,11,12,13);1-8H;1-5H,6H2;5-8H,1-4H2;3*1-6H;3*1-5H;1-6H;2*1-5H;2*1-4H,5H2;1-4H;1H4. The first-order valence-electron chi connectivity index (χ1n) is 41.9. The molecule has 650 valence electrons. The molecule has 2 aliphatic heterocycles. The number of fused-ring (bicyclic) bond motifs is 9. The summed E-state index contributed by atoms with van der Waals surface area (Å²) >= 11 is 2.05. The van der Waals surface area contributed by atoms with Crippen LogP contribution >= 0.6 is 11.8 Å². The molecule has 26 rings (SSSR count). The molecule has 16 aromatic heterocycles. The van der Waals surface area contributed by atoms with E-state index in [9.17, 15) is 0 Å². The van der Waals surface area contributed by atoms with Gasteiger partial charge < -0.3 is 22.9 Å². The van der Waals surface area contributed by atoms with Gasteiger partial charge in [-0.15, -0.1) is 11.8 Å². The molecule has 130 heavy (non-hydrogen) atoms. The van der Waals surface area contributed by atoms with Gasteiger partial charge in [0.25, 0.3) is 0 Å². The van der Waals surface area contributed by atoms with Gasteiger partial charge in [-0.2, -0.15) is 5.10 Å². The fourth-order valence-corrected chi connectivity index (χ4v) is 13.1. The van der Waals surface area contributed by atoms with Gasteiger partial charge in [-0.1, -0.05) is 233 Å². The molecule has 18 heterocycles. The number of allylic oxidation sites excluding steroid dienone is 9. The third kappa shape index (κ3) is 37.0. The highest BCUT2D eigenvalue weighted by Crippen LogP contribution is 2.39. The van der Waals surface area contributed by atoms with E-state index in [4.69, 9.17) is 0 Å². The van der Waals surface area contributed by atoms with Crippen LogP contribution in [0.25, 0.3) is 44.8 Å². The van der Waals surface area contributed by atoms with Crippen molar-refractivity contribution in [1.82, 2.24) is 101 Å². The summed E-state index contributed by atoms with van der Waals surface area (Å²) in [6, 6.07) is 83.5. The number of rotatable bonds is 2. The second kappa shape index (κ2) is 60.0. The minimum atomic E-state index is 0. The molecule has 0 spiro atoms. The molecular formula is C106H105N23S. The third-order valence-electron chi connectivity index (χ3n) is 18.2. The van der Waals surface area contributed by atoms with Crippen LogP contribution in [0.1, 0.15) is 57.1 Å². The zero-order valence-electron chi connectivity index (χ0n) is 71.3. The molecule has 5 aromatic carbocycles.